The Morgan fingerprint density at radius 1 is 1.33 bits per heavy atom. The summed E-state index contributed by atoms with van der Waals surface area (Å²) >= 11 is -2.70. The van der Waals surface area contributed by atoms with E-state index in [2.05, 4.69) is 21.8 Å². The monoisotopic (exact) mass is 249 g/mol. The van der Waals surface area contributed by atoms with Crippen LogP contribution < -0.4 is 0 Å². The van der Waals surface area contributed by atoms with Gasteiger partial charge in [-0.05, 0) is 0 Å². The van der Waals surface area contributed by atoms with Gasteiger partial charge in [-0.25, -0.2) is 0 Å². The van der Waals surface area contributed by atoms with Crippen LogP contribution in [0.3, 0.4) is 0 Å². The van der Waals surface area contributed by atoms with Crippen molar-refractivity contribution in [3.8, 4) is 0 Å². The van der Waals surface area contributed by atoms with Crippen LogP contribution in [0.2, 0.25) is 14.9 Å². The molecule has 9 heavy (non-hydrogen) atoms. The van der Waals surface area contributed by atoms with Crippen molar-refractivity contribution in [1.82, 2.24) is 0 Å². The average Bonchev–Trinajstić information content (AvgIpc) is 1.78. The first-order chi connectivity index (χ1) is 3.87. The second-order valence-corrected chi connectivity index (χ2v) is 17.8. The molecule has 0 spiro atoms. The number of hydrogen-bond donors (Lipinski definition) is 0. The normalized spacial score (nSPS) is 43.6. The fraction of sp³-hybridized carbons (Fsp3) is 1.00. The summed E-state index contributed by atoms with van der Waals surface area (Å²) in [6.45, 7) is 2.86. The van der Waals surface area contributed by atoms with Gasteiger partial charge in [0.2, 0.25) is 0 Å². The third-order valence-corrected chi connectivity index (χ3v) is 6.69. The Morgan fingerprint density at radius 3 is 2.00 bits per heavy atom. The predicted molar refractivity (Wildman–Crippen MR) is 39.8 cm³/mol. The topological polar surface area (TPSA) is 18.5 Å². The van der Waals surface area contributed by atoms with E-state index >= 15 is 0 Å². The summed E-state index contributed by atoms with van der Waals surface area (Å²) in [5, 5.41) is 0. The second kappa shape index (κ2) is 1.85. The molecular weight excluding hydrogens is 232 g/mol. The first kappa shape index (κ1) is 7.81. The van der Waals surface area contributed by atoms with E-state index in [9.17, 15) is 0 Å². The van der Waals surface area contributed by atoms with Gasteiger partial charge in [0.1, 0.15) is 0 Å². The van der Waals surface area contributed by atoms with E-state index in [1.807, 2.05) is 0 Å². The van der Waals surface area contributed by atoms with Gasteiger partial charge in [0, 0.05) is 0 Å². The molecular formula is C6H15O2Te. The van der Waals surface area contributed by atoms with Crippen molar-refractivity contribution < 1.29 is 6.20 Å². The fourth-order valence-corrected chi connectivity index (χ4v) is 6.33. The molecule has 0 N–H and O–H groups in total. The molecule has 0 aromatic rings. The summed E-state index contributed by atoms with van der Waals surface area (Å²) in [5.74, 6) is 0. The second-order valence-electron chi connectivity index (χ2n) is 3.48. The van der Waals surface area contributed by atoms with Crippen LogP contribution in [0.1, 0.15) is 6.92 Å². The summed E-state index contributed by atoms with van der Waals surface area (Å²) in [4.78, 5) is 6.42. The average molecular weight is 247 g/mol. The van der Waals surface area contributed by atoms with Crippen molar-refractivity contribution in [1.29, 1.82) is 0 Å². The molecule has 1 aliphatic rings. The zero-order valence-corrected chi connectivity index (χ0v) is 8.84. The molecule has 0 amide bonds. The standard InChI is InChI=1S/C6H15O2Te/c1-6-5-7-9(2,3,4)8-6/h6H,5H2,1-4H3. The molecule has 57 valence electrons. The van der Waals surface area contributed by atoms with Gasteiger partial charge < -0.3 is 0 Å². The van der Waals surface area contributed by atoms with Gasteiger partial charge in [0.05, 0.1) is 0 Å². The van der Waals surface area contributed by atoms with Gasteiger partial charge >= 0.3 is 58.4 Å². The molecule has 0 saturated carbocycles. The number of hydrogen-bond acceptors (Lipinski definition) is 2. The molecule has 0 aromatic carbocycles. The minimum absolute atomic E-state index is 0.322. The van der Waals surface area contributed by atoms with Crippen LogP contribution in [-0.4, -0.2) is 30.3 Å². The fourth-order valence-electron chi connectivity index (χ4n) is 0.943. The van der Waals surface area contributed by atoms with Gasteiger partial charge in [-0.2, -0.15) is 0 Å². The maximum absolute atomic E-state index is 5.71. The Labute approximate surface area is 58.6 Å². The van der Waals surface area contributed by atoms with Gasteiger partial charge in [0.25, 0.3) is 0 Å². The summed E-state index contributed by atoms with van der Waals surface area (Å²) < 4.78 is 11.3. The van der Waals surface area contributed by atoms with E-state index < -0.39 is 17.6 Å². The van der Waals surface area contributed by atoms with Crippen LogP contribution in [-0.2, 0) is 6.20 Å². The van der Waals surface area contributed by atoms with Gasteiger partial charge in [0.15, 0.2) is 0 Å². The molecule has 1 atom stereocenters. The summed E-state index contributed by atoms with van der Waals surface area (Å²) in [6.07, 6.45) is 0.322. The van der Waals surface area contributed by atoms with E-state index in [1.165, 1.54) is 0 Å². The van der Waals surface area contributed by atoms with Crippen LogP contribution in [0.4, 0.5) is 0 Å². The Morgan fingerprint density at radius 2 is 1.89 bits per heavy atom. The van der Waals surface area contributed by atoms with Crippen molar-refractivity contribution >= 4 is 17.6 Å². The van der Waals surface area contributed by atoms with Crippen LogP contribution >= 0.6 is 0 Å². The molecule has 0 aromatic heterocycles. The van der Waals surface area contributed by atoms with Crippen molar-refractivity contribution in [3.63, 3.8) is 0 Å². The molecule has 1 fully saturated rings. The molecule has 1 saturated heterocycles. The van der Waals surface area contributed by atoms with E-state index in [0.29, 0.717) is 6.10 Å². The van der Waals surface area contributed by atoms with Crippen molar-refractivity contribution in [3.05, 3.63) is 0 Å². The molecule has 1 aliphatic heterocycles. The van der Waals surface area contributed by atoms with Gasteiger partial charge in [-0.3, -0.25) is 0 Å². The molecule has 1 heterocycles. The van der Waals surface area contributed by atoms with Gasteiger partial charge in [-0.15, -0.1) is 0 Å². The van der Waals surface area contributed by atoms with Crippen molar-refractivity contribution in [2.24, 2.45) is 0 Å². The van der Waals surface area contributed by atoms with Crippen LogP contribution in [0.5, 0.6) is 0 Å². The number of rotatable bonds is 0. The van der Waals surface area contributed by atoms with E-state index in [4.69, 9.17) is 6.20 Å². The third kappa shape index (κ3) is 2.09. The minimum atomic E-state index is -2.70. The zero-order valence-electron chi connectivity index (χ0n) is 6.51. The molecule has 0 bridgehead atoms. The molecule has 3 heteroatoms. The Hall–Kier alpha value is 0.710. The zero-order chi connectivity index (χ0) is 7.15. The Balaban J connectivity index is 2.67. The maximum atomic E-state index is 5.71. The summed E-state index contributed by atoms with van der Waals surface area (Å²) in [7, 11) is 0. The van der Waals surface area contributed by atoms with Crippen LogP contribution in [0, 0.1) is 0 Å². The first-order valence-electron chi connectivity index (χ1n) is 3.07. The summed E-state index contributed by atoms with van der Waals surface area (Å²) in [5.41, 5.74) is 0. The van der Waals surface area contributed by atoms with Crippen LogP contribution in [0.15, 0.2) is 0 Å². The van der Waals surface area contributed by atoms with Crippen molar-refractivity contribution in [2.75, 3.05) is 6.61 Å². The van der Waals surface area contributed by atoms with Crippen molar-refractivity contribution in [2.45, 2.75) is 27.9 Å². The van der Waals surface area contributed by atoms with E-state index in [-0.39, 0.29) is 0 Å². The molecule has 1 unspecified atom stereocenters. The van der Waals surface area contributed by atoms with E-state index in [0.717, 1.165) is 6.61 Å². The first-order valence-corrected chi connectivity index (χ1v) is 12.0. The molecule has 2 nitrogen and oxygen atoms in total. The quantitative estimate of drug-likeness (QED) is 0.606. The van der Waals surface area contributed by atoms with Gasteiger partial charge in [-0.1, -0.05) is 0 Å². The Bertz CT molecular complexity index is 125. The summed E-state index contributed by atoms with van der Waals surface area (Å²) in [6, 6.07) is 0. The molecule has 1 radical (unpaired) electrons. The SMILES string of the molecule is CC1CO[Te](C)(C)(C)O1. The third-order valence-electron chi connectivity index (χ3n) is 1.20. The predicted octanol–water partition coefficient (Wildman–Crippen LogP) is 1.71. The molecule has 0 aliphatic carbocycles. The van der Waals surface area contributed by atoms with Crippen LogP contribution in [0.25, 0.3) is 0 Å². The Kier molecular flexibility index (Phi) is 1.61. The molecule has 1 rings (SSSR count). The van der Waals surface area contributed by atoms with E-state index in [1.54, 1.807) is 0 Å².